The van der Waals surface area contributed by atoms with E-state index in [0.717, 1.165) is 30.4 Å². The first-order chi connectivity index (χ1) is 14.1. The highest BCUT2D eigenvalue weighted by atomic mass is 16.4. The van der Waals surface area contributed by atoms with Gasteiger partial charge in [-0.1, -0.05) is 45.0 Å². The summed E-state index contributed by atoms with van der Waals surface area (Å²) in [6, 6.07) is 6.15. The maximum absolute atomic E-state index is 13.1. The van der Waals surface area contributed by atoms with Gasteiger partial charge >= 0.3 is 5.97 Å². The van der Waals surface area contributed by atoms with Gasteiger partial charge in [0, 0.05) is 13.2 Å². The Labute approximate surface area is 178 Å². The van der Waals surface area contributed by atoms with Gasteiger partial charge in [0.15, 0.2) is 0 Å². The number of carboxylic acids is 1. The molecule has 1 fully saturated rings. The van der Waals surface area contributed by atoms with Crippen molar-refractivity contribution in [3.8, 4) is 0 Å². The highest BCUT2D eigenvalue weighted by molar-refractivity contribution is 5.91. The second-order valence-electron chi connectivity index (χ2n) is 9.07. The SMILES string of the molecule is CC(C)(C)[C@H](NC(=O)Cc1cccc(CCCCO)c1)C(=O)N1CCC[C@H]1C(=O)O. The third-order valence-electron chi connectivity index (χ3n) is 5.47. The predicted molar refractivity (Wildman–Crippen MR) is 114 cm³/mol. The summed E-state index contributed by atoms with van der Waals surface area (Å²) in [5, 5.41) is 21.2. The molecule has 2 atom stereocenters. The van der Waals surface area contributed by atoms with Gasteiger partial charge in [-0.3, -0.25) is 9.59 Å². The van der Waals surface area contributed by atoms with Crippen molar-refractivity contribution in [3.05, 3.63) is 35.4 Å². The van der Waals surface area contributed by atoms with Crippen molar-refractivity contribution in [2.45, 2.75) is 71.4 Å². The monoisotopic (exact) mass is 418 g/mol. The Bertz CT molecular complexity index is 756. The first-order valence-corrected chi connectivity index (χ1v) is 10.6. The standard InChI is InChI=1S/C23H34N2O5/c1-23(2,3)20(21(28)25-12-7-11-18(25)22(29)30)24-19(27)15-17-10-6-9-16(14-17)8-4-5-13-26/h6,9-10,14,18,20,26H,4-5,7-8,11-13,15H2,1-3H3,(H,24,27)(H,29,30)/t18-,20+/m0/s1. The number of likely N-dealkylation sites (tertiary alicyclic amines) is 1. The maximum atomic E-state index is 13.1. The second-order valence-corrected chi connectivity index (χ2v) is 9.07. The van der Waals surface area contributed by atoms with Gasteiger partial charge in [0.05, 0.1) is 6.42 Å². The van der Waals surface area contributed by atoms with Crippen molar-refractivity contribution in [1.29, 1.82) is 0 Å². The number of aliphatic carboxylic acids is 1. The highest BCUT2D eigenvalue weighted by Gasteiger charge is 2.41. The lowest BCUT2D eigenvalue weighted by molar-refractivity contribution is -0.150. The molecule has 30 heavy (non-hydrogen) atoms. The molecule has 0 saturated carbocycles. The van der Waals surface area contributed by atoms with E-state index in [2.05, 4.69) is 5.32 Å². The smallest absolute Gasteiger partial charge is 0.326 e. The molecule has 1 aliphatic rings. The number of aliphatic hydroxyl groups excluding tert-OH is 1. The largest absolute Gasteiger partial charge is 0.480 e. The number of carbonyl (C=O) groups is 3. The summed E-state index contributed by atoms with van der Waals surface area (Å²) in [5.74, 6) is -1.60. The summed E-state index contributed by atoms with van der Waals surface area (Å²) in [5.41, 5.74) is 1.42. The molecule has 0 bridgehead atoms. The molecule has 1 aromatic rings. The van der Waals surface area contributed by atoms with Gasteiger partial charge in [-0.2, -0.15) is 0 Å². The van der Waals surface area contributed by atoms with Crippen LogP contribution in [0.25, 0.3) is 0 Å². The van der Waals surface area contributed by atoms with E-state index in [9.17, 15) is 19.5 Å². The zero-order chi connectivity index (χ0) is 22.3. The van der Waals surface area contributed by atoms with E-state index in [1.807, 2.05) is 45.0 Å². The summed E-state index contributed by atoms with van der Waals surface area (Å²) < 4.78 is 0. The zero-order valence-electron chi connectivity index (χ0n) is 18.2. The lowest BCUT2D eigenvalue weighted by Gasteiger charge is -2.34. The number of nitrogens with one attached hydrogen (secondary N) is 1. The fourth-order valence-electron chi connectivity index (χ4n) is 3.84. The van der Waals surface area contributed by atoms with E-state index >= 15 is 0 Å². The molecule has 1 heterocycles. The Kier molecular flexibility index (Phi) is 8.41. The molecular weight excluding hydrogens is 384 g/mol. The fourth-order valence-corrected chi connectivity index (χ4v) is 3.84. The Hall–Kier alpha value is -2.41. The summed E-state index contributed by atoms with van der Waals surface area (Å²) in [6.07, 6.45) is 3.70. The summed E-state index contributed by atoms with van der Waals surface area (Å²) >= 11 is 0. The first-order valence-electron chi connectivity index (χ1n) is 10.6. The molecule has 166 valence electrons. The van der Waals surface area contributed by atoms with Crippen LogP contribution in [0.4, 0.5) is 0 Å². The zero-order valence-corrected chi connectivity index (χ0v) is 18.2. The predicted octanol–water partition coefficient (Wildman–Crippen LogP) is 2.15. The fraction of sp³-hybridized carbons (Fsp3) is 0.609. The number of hydrogen-bond acceptors (Lipinski definition) is 4. The third-order valence-corrected chi connectivity index (χ3v) is 5.47. The normalized spacial score (nSPS) is 17.6. The van der Waals surface area contributed by atoms with Crippen molar-refractivity contribution in [1.82, 2.24) is 10.2 Å². The molecule has 2 amide bonds. The molecule has 0 aliphatic carbocycles. The Morgan fingerprint density at radius 1 is 1.20 bits per heavy atom. The first kappa shape index (κ1) is 23.9. The molecule has 0 radical (unpaired) electrons. The highest BCUT2D eigenvalue weighted by Crippen LogP contribution is 2.26. The van der Waals surface area contributed by atoms with Gasteiger partial charge in [0.25, 0.3) is 0 Å². The molecule has 0 spiro atoms. The number of amides is 2. The summed E-state index contributed by atoms with van der Waals surface area (Å²) in [4.78, 5) is 38.7. The topological polar surface area (TPSA) is 107 Å². The van der Waals surface area contributed by atoms with Crippen molar-refractivity contribution in [2.75, 3.05) is 13.2 Å². The van der Waals surface area contributed by atoms with Crippen LogP contribution in [0.15, 0.2) is 24.3 Å². The Balaban J connectivity index is 2.06. The minimum Gasteiger partial charge on any atom is -0.480 e. The van der Waals surface area contributed by atoms with Gasteiger partial charge in [-0.25, -0.2) is 4.79 Å². The number of aliphatic hydroxyl groups is 1. The van der Waals surface area contributed by atoms with Crippen LogP contribution < -0.4 is 5.32 Å². The van der Waals surface area contributed by atoms with Gasteiger partial charge in [0.2, 0.25) is 11.8 Å². The number of benzene rings is 1. The number of rotatable bonds is 9. The van der Waals surface area contributed by atoms with Crippen LogP contribution in [0.1, 0.15) is 57.6 Å². The number of carbonyl (C=O) groups excluding carboxylic acids is 2. The molecule has 7 heteroatoms. The van der Waals surface area contributed by atoms with Crippen LogP contribution in [0.3, 0.4) is 0 Å². The average Bonchev–Trinajstić information content (AvgIpc) is 3.15. The van der Waals surface area contributed by atoms with E-state index in [1.165, 1.54) is 4.90 Å². The molecule has 3 N–H and O–H groups in total. The van der Waals surface area contributed by atoms with Gasteiger partial charge < -0.3 is 20.4 Å². The average molecular weight is 419 g/mol. The van der Waals surface area contributed by atoms with Gasteiger partial charge in [-0.15, -0.1) is 0 Å². The minimum atomic E-state index is -1.00. The molecule has 1 aliphatic heterocycles. The van der Waals surface area contributed by atoms with Gasteiger partial charge in [0.1, 0.15) is 12.1 Å². The molecule has 1 aromatic carbocycles. The van der Waals surface area contributed by atoms with Crippen molar-refractivity contribution in [3.63, 3.8) is 0 Å². The quantitative estimate of drug-likeness (QED) is 0.533. The van der Waals surface area contributed by atoms with Gasteiger partial charge in [-0.05, 0) is 48.6 Å². The van der Waals surface area contributed by atoms with E-state index < -0.39 is 23.5 Å². The van der Waals surface area contributed by atoms with Crippen molar-refractivity contribution >= 4 is 17.8 Å². The van der Waals surface area contributed by atoms with E-state index in [4.69, 9.17) is 5.11 Å². The minimum absolute atomic E-state index is 0.149. The Morgan fingerprint density at radius 2 is 1.90 bits per heavy atom. The number of unbranched alkanes of at least 4 members (excludes halogenated alkanes) is 1. The second kappa shape index (κ2) is 10.6. The van der Waals surface area contributed by atoms with Crippen LogP contribution >= 0.6 is 0 Å². The van der Waals surface area contributed by atoms with Crippen LogP contribution in [-0.2, 0) is 27.2 Å². The van der Waals surface area contributed by atoms with E-state index in [0.29, 0.717) is 19.4 Å². The lowest BCUT2D eigenvalue weighted by atomic mass is 9.85. The molecule has 2 rings (SSSR count). The maximum Gasteiger partial charge on any atom is 0.326 e. The molecule has 0 aromatic heterocycles. The summed E-state index contributed by atoms with van der Waals surface area (Å²) in [6.45, 7) is 6.16. The van der Waals surface area contributed by atoms with Crippen molar-refractivity contribution in [2.24, 2.45) is 5.41 Å². The van der Waals surface area contributed by atoms with E-state index in [1.54, 1.807) is 0 Å². The third kappa shape index (κ3) is 6.55. The van der Waals surface area contributed by atoms with Crippen LogP contribution in [-0.4, -0.2) is 58.1 Å². The Morgan fingerprint density at radius 3 is 2.53 bits per heavy atom. The van der Waals surface area contributed by atoms with Crippen LogP contribution in [0, 0.1) is 5.41 Å². The lowest BCUT2D eigenvalue weighted by Crippen LogP contribution is -2.56. The number of carboxylic acid groups (broad SMARTS) is 1. The molecule has 0 unspecified atom stereocenters. The number of hydrogen-bond donors (Lipinski definition) is 3. The van der Waals surface area contributed by atoms with E-state index in [-0.39, 0.29) is 24.8 Å². The van der Waals surface area contributed by atoms with Crippen LogP contribution in [0.5, 0.6) is 0 Å². The van der Waals surface area contributed by atoms with Crippen molar-refractivity contribution < 1.29 is 24.6 Å². The summed E-state index contributed by atoms with van der Waals surface area (Å²) in [7, 11) is 0. The molecule has 7 nitrogen and oxygen atoms in total. The van der Waals surface area contributed by atoms with Crippen LogP contribution in [0.2, 0.25) is 0 Å². The number of aryl methyl sites for hydroxylation is 1. The molecule has 1 saturated heterocycles. The molecular formula is C23H34N2O5. The number of nitrogens with zero attached hydrogens (tertiary/aromatic N) is 1.